The second kappa shape index (κ2) is 11.3. The third-order valence-electron chi connectivity index (χ3n) is 7.90. The molecular weight excluding hydrogens is 619 g/mol. The van der Waals surface area contributed by atoms with Crippen LogP contribution in [0.4, 0.5) is 19.0 Å². The number of nitrogens with zero attached hydrogens (tertiary/aromatic N) is 5. The van der Waals surface area contributed by atoms with E-state index in [0.717, 1.165) is 23.1 Å². The molecule has 7 nitrogen and oxygen atoms in total. The normalized spacial score (nSPS) is 20.7. The van der Waals surface area contributed by atoms with Gasteiger partial charge >= 0.3 is 11.9 Å². The number of benzene rings is 1. The van der Waals surface area contributed by atoms with Crippen LogP contribution in [0.2, 0.25) is 5.02 Å². The van der Waals surface area contributed by atoms with E-state index < -0.39 is 17.4 Å². The number of pyridine rings is 1. The summed E-state index contributed by atoms with van der Waals surface area (Å²) in [5, 5.41) is 2.18. The van der Waals surface area contributed by atoms with Crippen LogP contribution < -0.4 is 10.6 Å². The lowest BCUT2D eigenvalue weighted by Gasteiger charge is -2.44. The molecule has 13 heteroatoms. The first kappa shape index (κ1) is 29.7. The van der Waals surface area contributed by atoms with Crippen LogP contribution in [0.15, 0.2) is 64.3 Å². The first-order valence-electron chi connectivity index (χ1n) is 13.6. The average molecular weight is 646 g/mol. The van der Waals surface area contributed by atoms with E-state index in [1.165, 1.54) is 28.5 Å². The number of halogens is 4. The third-order valence-corrected chi connectivity index (χ3v) is 10.5. The fourth-order valence-electron chi connectivity index (χ4n) is 6.15. The lowest BCUT2D eigenvalue weighted by atomic mass is 10.00. The first-order valence-corrected chi connectivity index (χ1v) is 15.9. The van der Waals surface area contributed by atoms with Crippen molar-refractivity contribution >= 4 is 57.3 Å². The van der Waals surface area contributed by atoms with Gasteiger partial charge in [0.05, 0.1) is 16.1 Å². The van der Waals surface area contributed by atoms with Crippen LogP contribution in [-0.4, -0.2) is 56.3 Å². The Morgan fingerprint density at radius 2 is 1.91 bits per heavy atom. The maximum absolute atomic E-state index is 14.9. The molecule has 0 bridgehead atoms. The molecule has 0 unspecified atom stereocenters. The van der Waals surface area contributed by atoms with Crippen LogP contribution in [0.5, 0.6) is 0 Å². The number of alkyl halides is 3. The molecule has 3 atom stereocenters. The van der Waals surface area contributed by atoms with Crippen molar-refractivity contribution in [2.45, 2.75) is 49.5 Å². The van der Waals surface area contributed by atoms with Crippen LogP contribution in [0.1, 0.15) is 31.0 Å². The highest BCUT2D eigenvalue weighted by Gasteiger charge is 2.40. The van der Waals surface area contributed by atoms with Crippen molar-refractivity contribution in [3.8, 4) is 10.4 Å². The molecule has 0 spiro atoms. The Morgan fingerprint density at radius 1 is 1.16 bits per heavy atom. The molecular formula is C30H27ClF3N5O2S2. The Bertz CT molecular complexity index is 1780. The highest BCUT2D eigenvalue weighted by atomic mass is 35.5. The molecule has 0 saturated carbocycles. The maximum Gasteiger partial charge on any atom is 0.417 e. The van der Waals surface area contributed by atoms with Gasteiger partial charge in [-0.25, -0.2) is 4.79 Å². The van der Waals surface area contributed by atoms with Gasteiger partial charge in [-0.15, -0.1) is 23.1 Å². The summed E-state index contributed by atoms with van der Waals surface area (Å²) in [6, 6.07) is 7.58. The minimum atomic E-state index is -4.70. The van der Waals surface area contributed by atoms with E-state index in [4.69, 9.17) is 11.6 Å². The largest absolute Gasteiger partial charge is 0.417 e. The number of amides is 1. The summed E-state index contributed by atoms with van der Waals surface area (Å²) in [6.45, 7) is 8.11. The van der Waals surface area contributed by atoms with Gasteiger partial charge in [-0.05, 0) is 44.2 Å². The number of carbonyl (C=O) groups is 1. The predicted molar refractivity (Wildman–Crippen MR) is 165 cm³/mol. The fourth-order valence-corrected chi connectivity index (χ4v) is 8.72. The molecule has 1 aromatic carbocycles. The quantitative estimate of drug-likeness (QED) is 0.230. The van der Waals surface area contributed by atoms with Gasteiger partial charge in [-0.1, -0.05) is 24.2 Å². The van der Waals surface area contributed by atoms with Crippen LogP contribution in [-0.2, 0) is 17.5 Å². The summed E-state index contributed by atoms with van der Waals surface area (Å²) in [6.07, 6.45) is -1.78. The number of aromatic nitrogens is 3. The van der Waals surface area contributed by atoms with Crippen molar-refractivity contribution in [3.05, 3.63) is 81.3 Å². The summed E-state index contributed by atoms with van der Waals surface area (Å²) < 4.78 is 46.2. The molecule has 5 heterocycles. The monoisotopic (exact) mass is 645 g/mol. The standard InChI is InChI=1S/C30H27ClF3N5O2S2/c1-4-24(40)39-16(2)11-37(12-17(39)3)28-20-10-21(30(32,33)34)25(23-9-19(31)15-42-23)27-26(20)38(29(41)36-28)13-18(14-43-27)22-7-5-6-8-35-22/h4-10,15-18H,1,11-14H2,2-3H3/t16-,17+,18-/m0/s1. The zero-order valence-corrected chi connectivity index (χ0v) is 25.7. The molecule has 1 amide bonds. The summed E-state index contributed by atoms with van der Waals surface area (Å²) >= 11 is 8.63. The molecule has 0 aliphatic carbocycles. The van der Waals surface area contributed by atoms with Gasteiger partial charge in [0.2, 0.25) is 5.91 Å². The van der Waals surface area contributed by atoms with Gasteiger partial charge in [0.1, 0.15) is 5.82 Å². The van der Waals surface area contributed by atoms with E-state index in [0.29, 0.717) is 26.1 Å². The van der Waals surface area contributed by atoms with Crippen molar-refractivity contribution in [1.29, 1.82) is 0 Å². The van der Waals surface area contributed by atoms with Crippen LogP contribution in [0, 0.1) is 0 Å². The van der Waals surface area contributed by atoms with Crippen LogP contribution in [0.3, 0.4) is 0 Å². The van der Waals surface area contributed by atoms with Crippen molar-refractivity contribution < 1.29 is 18.0 Å². The van der Waals surface area contributed by atoms with E-state index in [-0.39, 0.29) is 60.3 Å². The van der Waals surface area contributed by atoms with E-state index in [2.05, 4.69) is 16.5 Å². The average Bonchev–Trinajstić information content (AvgIpc) is 3.29. The Kier molecular flexibility index (Phi) is 7.80. The van der Waals surface area contributed by atoms with E-state index in [1.54, 1.807) is 22.5 Å². The van der Waals surface area contributed by atoms with Crippen molar-refractivity contribution in [3.63, 3.8) is 0 Å². The minimum absolute atomic E-state index is 0.0111. The summed E-state index contributed by atoms with van der Waals surface area (Å²) in [5.74, 6) is 0.123. The minimum Gasteiger partial charge on any atom is -0.352 e. The highest BCUT2D eigenvalue weighted by Crippen LogP contribution is 2.50. The van der Waals surface area contributed by atoms with Crippen LogP contribution in [0.25, 0.3) is 21.3 Å². The number of thiophene rings is 1. The zero-order valence-electron chi connectivity index (χ0n) is 23.3. The number of hydrogen-bond acceptors (Lipinski definition) is 7. The number of piperazine rings is 1. The molecule has 4 aromatic rings. The Morgan fingerprint density at radius 3 is 2.51 bits per heavy atom. The number of hydrogen-bond donors (Lipinski definition) is 0. The van der Waals surface area contributed by atoms with Gasteiger partial charge in [0, 0.05) is 81.4 Å². The first-order chi connectivity index (χ1) is 20.5. The molecule has 3 aromatic heterocycles. The molecule has 1 fully saturated rings. The SMILES string of the molecule is C=CC(=O)N1[C@H](C)CN(c2nc(=O)n3c4c(c(-c5cc(Cl)cs5)c(C(F)(F)F)cc24)SC[C@@H](c2ccccn2)C3)C[C@@H]1C. The van der Waals surface area contributed by atoms with Gasteiger partial charge in [-0.3, -0.25) is 14.3 Å². The molecule has 2 aliphatic rings. The van der Waals surface area contributed by atoms with Gasteiger partial charge in [-0.2, -0.15) is 18.2 Å². The third kappa shape index (κ3) is 5.33. The maximum atomic E-state index is 14.9. The van der Waals surface area contributed by atoms with Crippen molar-refractivity contribution in [2.24, 2.45) is 0 Å². The van der Waals surface area contributed by atoms with Crippen molar-refractivity contribution in [1.82, 2.24) is 19.4 Å². The van der Waals surface area contributed by atoms with E-state index >= 15 is 0 Å². The molecule has 2 aliphatic heterocycles. The number of carbonyl (C=O) groups excluding carboxylic acids is 1. The molecule has 0 radical (unpaired) electrons. The van der Waals surface area contributed by atoms with Gasteiger partial charge in [0.15, 0.2) is 0 Å². The number of thioether (sulfide) groups is 1. The Balaban J connectivity index is 1.62. The van der Waals surface area contributed by atoms with E-state index in [9.17, 15) is 22.8 Å². The topological polar surface area (TPSA) is 71.3 Å². The second-order valence-corrected chi connectivity index (χ2v) is 13.2. The smallest absolute Gasteiger partial charge is 0.352 e. The lowest BCUT2D eigenvalue weighted by molar-refractivity contribution is -0.137. The summed E-state index contributed by atoms with van der Waals surface area (Å²) in [4.78, 5) is 39.5. The van der Waals surface area contributed by atoms with Crippen molar-refractivity contribution in [2.75, 3.05) is 23.7 Å². The lowest BCUT2D eigenvalue weighted by Crippen LogP contribution is -2.58. The van der Waals surface area contributed by atoms with E-state index in [1.807, 2.05) is 30.9 Å². The second-order valence-electron chi connectivity index (χ2n) is 10.8. The molecule has 224 valence electrons. The van der Waals surface area contributed by atoms with Crippen LogP contribution >= 0.6 is 34.7 Å². The van der Waals surface area contributed by atoms with Gasteiger partial charge in [0.25, 0.3) is 0 Å². The summed E-state index contributed by atoms with van der Waals surface area (Å²) in [5.41, 5.74) is -0.193. The molecule has 0 N–H and O–H groups in total. The Labute approximate surface area is 259 Å². The fraction of sp³-hybridized carbons (Fsp3) is 0.333. The summed E-state index contributed by atoms with van der Waals surface area (Å²) in [7, 11) is 0. The number of rotatable bonds is 4. The highest BCUT2D eigenvalue weighted by molar-refractivity contribution is 7.99. The zero-order chi connectivity index (χ0) is 30.6. The Hall–Kier alpha value is -3.35. The molecule has 1 saturated heterocycles. The predicted octanol–water partition coefficient (Wildman–Crippen LogP) is 6.69. The molecule has 43 heavy (non-hydrogen) atoms. The molecule has 6 rings (SSSR count). The van der Waals surface area contributed by atoms with Gasteiger partial charge < -0.3 is 9.80 Å². The number of anilines is 1.